The van der Waals surface area contributed by atoms with Crippen LogP contribution in [0, 0.1) is 5.41 Å². The number of carbonyl (C=O) groups is 1. The van der Waals surface area contributed by atoms with Crippen LogP contribution in [0.4, 0.5) is 0 Å². The van der Waals surface area contributed by atoms with Crippen LogP contribution in [-0.2, 0) is 14.8 Å². The molecule has 2 aromatic rings. The molecule has 2 aliphatic rings. The first-order valence-electron chi connectivity index (χ1n) is 11.5. The van der Waals surface area contributed by atoms with Crippen LogP contribution >= 0.6 is 11.3 Å². The van der Waals surface area contributed by atoms with Gasteiger partial charge in [-0.15, -0.1) is 11.3 Å². The number of benzene rings is 1. The van der Waals surface area contributed by atoms with Crippen LogP contribution in [0.25, 0.3) is 6.08 Å². The van der Waals surface area contributed by atoms with Crippen molar-refractivity contribution in [3.8, 4) is 17.2 Å². The van der Waals surface area contributed by atoms with Crippen molar-refractivity contribution in [2.24, 2.45) is 5.41 Å². The molecule has 2 aliphatic heterocycles. The van der Waals surface area contributed by atoms with E-state index in [-0.39, 0.29) is 11.3 Å². The molecular weight excluding hydrogens is 488 g/mol. The Morgan fingerprint density at radius 3 is 2.23 bits per heavy atom. The van der Waals surface area contributed by atoms with Crippen LogP contribution in [0.3, 0.4) is 0 Å². The Hall–Kier alpha value is -2.56. The van der Waals surface area contributed by atoms with E-state index < -0.39 is 10.0 Å². The second-order valence-corrected chi connectivity index (χ2v) is 12.2. The van der Waals surface area contributed by atoms with Gasteiger partial charge in [0.1, 0.15) is 9.96 Å². The first-order chi connectivity index (χ1) is 16.7. The molecule has 2 fully saturated rings. The molecule has 0 saturated carbocycles. The lowest BCUT2D eigenvalue weighted by molar-refractivity contribution is -0.126. The molecule has 8 nitrogen and oxygen atoms in total. The Labute approximate surface area is 211 Å². The lowest BCUT2D eigenvalue weighted by Crippen LogP contribution is -2.44. The third-order valence-electron chi connectivity index (χ3n) is 7.04. The number of hydrogen-bond donors (Lipinski definition) is 0. The second kappa shape index (κ2) is 10.2. The number of sulfonamides is 1. The molecule has 0 radical (unpaired) electrons. The van der Waals surface area contributed by atoms with E-state index in [0.29, 0.717) is 53.2 Å². The summed E-state index contributed by atoms with van der Waals surface area (Å²) >= 11 is 1.25. The molecule has 35 heavy (non-hydrogen) atoms. The number of carbonyl (C=O) groups excluding carboxylic acids is 1. The number of rotatable bonds is 7. The normalized spacial score (nSPS) is 18.6. The molecule has 0 atom stereocenters. The van der Waals surface area contributed by atoms with Gasteiger partial charge in [0.25, 0.3) is 10.0 Å². The van der Waals surface area contributed by atoms with E-state index >= 15 is 0 Å². The highest BCUT2D eigenvalue weighted by atomic mass is 32.2. The molecular formula is C25H32N2O6S2. The summed E-state index contributed by atoms with van der Waals surface area (Å²) in [5.74, 6) is 1.68. The Morgan fingerprint density at radius 2 is 1.63 bits per heavy atom. The first-order valence-corrected chi connectivity index (χ1v) is 13.9. The zero-order valence-electron chi connectivity index (χ0n) is 20.6. The minimum atomic E-state index is -3.43. The van der Waals surface area contributed by atoms with Crippen molar-refractivity contribution in [1.29, 1.82) is 0 Å². The van der Waals surface area contributed by atoms with Gasteiger partial charge < -0.3 is 19.1 Å². The fraction of sp³-hybridized carbons (Fsp3) is 0.480. The summed E-state index contributed by atoms with van der Waals surface area (Å²) in [5, 5.41) is 1.78. The summed E-state index contributed by atoms with van der Waals surface area (Å²) in [6, 6.07) is 6.95. The van der Waals surface area contributed by atoms with Gasteiger partial charge in [0, 0.05) is 43.4 Å². The largest absolute Gasteiger partial charge is 0.496 e. The van der Waals surface area contributed by atoms with Gasteiger partial charge in [-0.05, 0) is 55.2 Å². The van der Waals surface area contributed by atoms with E-state index in [1.54, 1.807) is 62.2 Å². The van der Waals surface area contributed by atoms with Crippen molar-refractivity contribution in [3.63, 3.8) is 0 Å². The number of hydrogen-bond acceptors (Lipinski definition) is 7. The zero-order chi connectivity index (χ0) is 25.2. The maximum atomic E-state index is 13.3. The van der Waals surface area contributed by atoms with Crippen LogP contribution in [0.1, 0.15) is 31.7 Å². The summed E-state index contributed by atoms with van der Waals surface area (Å²) in [6.07, 6.45) is 4.21. The van der Waals surface area contributed by atoms with Gasteiger partial charge in [0.2, 0.25) is 5.91 Å². The zero-order valence-corrected chi connectivity index (χ0v) is 22.2. The van der Waals surface area contributed by atoms with Crippen LogP contribution in [0.2, 0.25) is 0 Å². The fourth-order valence-corrected chi connectivity index (χ4v) is 7.55. The molecule has 0 bridgehead atoms. The van der Waals surface area contributed by atoms with Crippen molar-refractivity contribution in [1.82, 2.24) is 9.21 Å². The molecule has 1 spiro atoms. The highest BCUT2D eigenvalue weighted by Crippen LogP contribution is 2.42. The van der Waals surface area contributed by atoms with Gasteiger partial charge in [-0.3, -0.25) is 4.79 Å². The predicted octanol–water partition coefficient (Wildman–Crippen LogP) is 3.88. The highest BCUT2D eigenvalue weighted by molar-refractivity contribution is 7.91. The SMILES string of the molecule is COc1cc(OC)c(OC)cc1C=C(C)C(=O)N1CCC2(CCN(S(=O)(=O)c3cccs3)CC2)C1. The van der Waals surface area contributed by atoms with Crippen molar-refractivity contribution >= 4 is 33.3 Å². The summed E-state index contributed by atoms with van der Waals surface area (Å²) in [6.45, 7) is 4.09. The van der Waals surface area contributed by atoms with Gasteiger partial charge in [-0.2, -0.15) is 4.31 Å². The van der Waals surface area contributed by atoms with Crippen molar-refractivity contribution in [2.75, 3.05) is 47.5 Å². The molecule has 1 aromatic carbocycles. The molecule has 0 N–H and O–H groups in total. The van der Waals surface area contributed by atoms with E-state index in [1.807, 2.05) is 11.0 Å². The van der Waals surface area contributed by atoms with Crippen LogP contribution in [0.15, 0.2) is 39.4 Å². The first kappa shape index (κ1) is 25.5. The molecule has 0 unspecified atom stereocenters. The van der Waals surface area contributed by atoms with E-state index in [0.717, 1.165) is 24.8 Å². The van der Waals surface area contributed by atoms with Gasteiger partial charge in [-0.1, -0.05) is 6.07 Å². The minimum Gasteiger partial charge on any atom is -0.496 e. The molecule has 0 aliphatic carbocycles. The van der Waals surface area contributed by atoms with Crippen molar-refractivity contribution in [2.45, 2.75) is 30.4 Å². The Kier molecular flexibility index (Phi) is 7.44. The van der Waals surface area contributed by atoms with Crippen molar-refractivity contribution < 1.29 is 27.4 Å². The summed E-state index contributed by atoms with van der Waals surface area (Å²) in [5.41, 5.74) is 1.31. The Morgan fingerprint density at radius 1 is 1.00 bits per heavy atom. The van der Waals surface area contributed by atoms with Gasteiger partial charge in [0.15, 0.2) is 11.5 Å². The number of likely N-dealkylation sites (tertiary alicyclic amines) is 1. The molecule has 10 heteroatoms. The Balaban J connectivity index is 1.44. The minimum absolute atomic E-state index is 0.0210. The average Bonchev–Trinajstić information content (AvgIpc) is 3.55. The topological polar surface area (TPSA) is 85.4 Å². The summed E-state index contributed by atoms with van der Waals surface area (Å²) in [4.78, 5) is 15.2. The number of ether oxygens (including phenoxy) is 3. The van der Waals surface area contributed by atoms with Gasteiger partial charge in [0.05, 0.1) is 21.3 Å². The van der Waals surface area contributed by atoms with Gasteiger partial charge >= 0.3 is 0 Å². The van der Waals surface area contributed by atoms with Crippen LogP contribution in [0.5, 0.6) is 17.2 Å². The van der Waals surface area contributed by atoms with E-state index in [1.165, 1.54) is 11.3 Å². The second-order valence-electron chi connectivity index (χ2n) is 9.09. The van der Waals surface area contributed by atoms with Crippen LogP contribution < -0.4 is 14.2 Å². The third kappa shape index (κ3) is 5.05. The van der Waals surface area contributed by atoms with E-state index in [9.17, 15) is 13.2 Å². The lowest BCUT2D eigenvalue weighted by atomic mass is 9.78. The Bertz CT molecular complexity index is 1200. The number of amides is 1. The van der Waals surface area contributed by atoms with Crippen molar-refractivity contribution in [3.05, 3.63) is 40.8 Å². The number of thiophene rings is 1. The monoisotopic (exact) mass is 520 g/mol. The van der Waals surface area contributed by atoms with Gasteiger partial charge in [-0.25, -0.2) is 8.42 Å². The summed E-state index contributed by atoms with van der Waals surface area (Å²) in [7, 11) is 1.27. The smallest absolute Gasteiger partial charge is 0.252 e. The molecule has 1 aromatic heterocycles. The molecule has 4 rings (SSSR count). The maximum absolute atomic E-state index is 13.3. The maximum Gasteiger partial charge on any atom is 0.252 e. The quantitative estimate of drug-likeness (QED) is 0.515. The van der Waals surface area contributed by atoms with E-state index in [2.05, 4.69) is 0 Å². The summed E-state index contributed by atoms with van der Waals surface area (Å²) < 4.78 is 43.9. The third-order valence-corrected chi connectivity index (χ3v) is 10.3. The van der Waals surface area contributed by atoms with Crippen LogP contribution in [-0.4, -0.2) is 71.0 Å². The standard InChI is InChI=1S/C25H32N2O6S2/c1-18(14-19-15-21(32-3)22(33-4)16-20(19)31-2)24(28)26-10-7-25(17-26)8-11-27(12-9-25)35(29,30)23-6-5-13-34-23/h5-6,13-16H,7-12,17H2,1-4H3. The number of nitrogens with zero attached hydrogens (tertiary/aromatic N) is 2. The number of methoxy groups -OCH3 is 3. The predicted molar refractivity (Wildman–Crippen MR) is 136 cm³/mol. The van der Waals surface area contributed by atoms with E-state index in [4.69, 9.17) is 14.2 Å². The molecule has 190 valence electrons. The fourth-order valence-electron chi connectivity index (χ4n) is 4.97. The molecule has 3 heterocycles. The number of piperidine rings is 1. The molecule has 1 amide bonds. The average molecular weight is 521 g/mol. The molecule has 2 saturated heterocycles. The lowest BCUT2D eigenvalue weighted by Gasteiger charge is -2.38. The highest BCUT2D eigenvalue weighted by Gasteiger charge is 2.44.